The number of carbonyl (C=O) groups is 2. The smallest absolute Gasteiger partial charge is 0.273 e. The highest BCUT2D eigenvalue weighted by atomic mass is 16.6. The molecule has 2 aromatic rings. The number of hydrogen-bond donors (Lipinski definition) is 1. The number of nitro groups is 1. The molecule has 0 radical (unpaired) electrons. The third-order valence-electron chi connectivity index (χ3n) is 4.61. The Bertz CT molecular complexity index is 946. The highest BCUT2D eigenvalue weighted by Crippen LogP contribution is 2.36. The summed E-state index contributed by atoms with van der Waals surface area (Å²) in [5, 5.41) is 13.8. The molecular formula is C20H21N3O6. The molecule has 3 rings (SSSR count). The van der Waals surface area contributed by atoms with Crippen LogP contribution in [0.2, 0.25) is 0 Å². The van der Waals surface area contributed by atoms with E-state index in [2.05, 4.69) is 5.32 Å². The third-order valence-corrected chi connectivity index (χ3v) is 4.61. The minimum atomic E-state index is -0.572. The molecule has 0 aliphatic carbocycles. The lowest BCUT2D eigenvalue weighted by Gasteiger charge is -2.19. The summed E-state index contributed by atoms with van der Waals surface area (Å²) in [7, 11) is 1.37. The number of hydrogen-bond acceptors (Lipinski definition) is 6. The number of nitrogens with zero attached hydrogens (tertiary/aromatic N) is 2. The number of carbonyl (C=O) groups excluding carboxylic acids is 2. The average Bonchev–Trinajstić information content (AvgIpc) is 3.10. The summed E-state index contributed by atoms with van der Waals surface area (Å²) in [4.78, 5) is 37.1. The number of methoxy groups -OCH3 is 1. The summed E-state index contributed by atoms with van der Waals surface area (Å²) in [5.74, 6) is -0.363. The summed E-state index contributed by atoms with van der Waals surface area (Å²) in [6, 6.07) is 11.1. The zero-order chi connectivity index (χ0) is 21.0. The summed E-state index contributed by atoms with van der Waals surface area (Å²) in [5.41, 5.74) is 0.797. The van der Waals surface area contributed by atoms with Crippen LogP contribution in [-0.2, 0) is 9.59 Å². The molecule has 2 amide bonds. The zero-order valence-electron chi connectivity index (χ0n) is 16.1. The largest absolute Gasteiger partial charge is 0.494 e. The number of nitrogens with one attached hydrogen (secondary N) is 1. The molecule has 1 aliphatic rings. The quantitative estimate of drug-likeness (QED) is 0.566. The molecule has 1 N–H and O–H groups in total. The summed E-state index contributed by atoms with van der Waals surface area (Å²) in [6.45, 7) is 2.46. The first-order valence-corrected chi connectivity index (χ1v) is 9.10. The Morgan fingerprint density at radius 3 is 2.72 bits per heavy atom. The number of anilines is 2. The van der Waals surface area contributed by atoms with Gasteiger partial charge < -0.3 is 19.7 Å². The molecule has 29 heavy (non-hydrogen) atoms. The van der Waals surface area contributed by atoms with Gasteiger partial charge in [0.1, 0.15) is 11.5 Å². The molecular weight excluding hydrogens is 378 g/mol. The van der Waals surface area contributed by atoms with Crippen molar-refractivity contribution >= 4 is 28.9 Å². The molecule has 1 aliphatic heterocycles. The zero-order valence-corrected chi connectivity index (χ0v) is 16.1. The molecule has 1 fully saturated rings. The lowest BCUT2D eigenvalue weighted by Crippen LogP contribution is -2.28. The van der Waals surface area contributed by atoms with Gasteiger partial charge in [-0.05, 0) is 25.1 Å². The Hall–Kier alpha value is -3.62. The van der Waals surface area contributed by atoms with Crippen molar-refractivity contribution in [1.82, 2.24) is 0 Å². The maximum atomic E-state index is 12.7. The highest BCUT2D eigenvalue weighted by molar-refractivity contribution is 6.04. The van der Waals surface area contributed by atoms with Crippen molar-refractivity contribution in [2.24, 2.45) is 5.92 Å². The second kappa shape index (κ2) is 8.59. The van der Waals surface area contributed by atoms with Gasteiger partial charge in [-0.2, -0.15) is 0 Å². The van der Waals surface area contributed by atoms with E-state index in [1.54, 1.807) is 18.2 Å². The van der Waals surface area contributed by atoms with E-state index in [0.717, 1.165) is 0 Å². The van der Waals surface area contributed by atoms with Gasteiger partial charge in [-0.1, -0.05) is 12.1 Å². The summed E-state index contributed by atoms with van der Waals surface area (Å²) < 4.78 is 10.7. The van der Waals surface area contributed by atoms with Crippen molar-refractivity contribution in [2.45, 2.75) is 13.3 Å². The first-order chi connectivity index (χ1) is 13.9. The SMILES string of the molecule is CCOc1ccccc1NC(=O)[C@@H]1CC(=O)N(c2ccc([N+](=O)[O-])cc2OC)C1. The molecule has 1 heterocycles. The maximum absolute atomic E-state index is 12.7. The van der Waals surface area contributed by atoms with Crippen LogP contribution >= 0.6 is 0 Å². The van der Waals surface area contributed by atoms with Crippen molar-refractivity contribution in [3.05, 3.63) is 52.6 Å². The Labute approximate surface area is 167 Å². The van der Waals surface area contributed by atoms with E-state index in [4.69, 9.17) is 9.47 Å². The molecule has 152 valence electrons. The Balaban J connectivity index is 1.77. The standard InChI is InChI=1S/C20H21N3O6/c1-3-29-17-7-5-4-6-15(17)21-20(25)13-10-19(24)22(12-13)16-9-8-14(23(26)27)11-18(16)28-2/h4-9,11,13H,3,10,12H2,1-2H3,(H,21,25)/t13-/m1/s1. The van der Waals surface area contributed by atoms with Crippen molar-refractivity contribution in [1.29, 1.82) is 0 Å². The van der Waals surface area contributed by atoms with Crippen LogP contribution in [0.1, 0.15) is 13.3 Å². The van der Waals surface area contributed by atoms with Gasteiger partial charge in [0, 0.05) is 19.0 Å². The average molecular weight is 399 g/mol. The van der Waals surface area contributed by atoms with E-state index in [9.17, 15) is 19.7 Å². The third kappa shape index (κ3) is 4.29. The number of nitro benzene ring substituents is 1. The fourth-order valence-electron chi connectivity index (χ4n) is 3.20. The van der Waals surface area contributed by atoms with E-state index in [-0.39, 0.29) is 36.2 Å². The van der Waals surface area contributed by atoms with Crippen LogP contribution in [0.3, 0.4) is 0 Å². The van der Waals surface area contributed by atoms with E-state index in [1.165, 1.54) is 30.2 Å². The van der Waals surface area contributed by atoms with Gasteiger partial charge in [0.05, 0.1) is 42.0 Å². The number of para-hydroxylation sites is 2. The number of rotatable bonds is 7. The lowest BCUT2D eigenvalue weighted by molar-refractivity contribution is -0.384. The number of amides is 2. The lowest BCUT2D eigenvalue weighted by atomic mass is 10.1. The summed E-state index contributed by atoms with van der Waals surface area (Å²) in [6.07, 6.45) is 0.0305. The topological polar surface area (TPSA) is 111 Å². The van der Waals surface area contributed by atoms with Crippen LogP contribution in [0.25, 0.3) is 0 Å². The van der Waals surface area contributed by atoms with Crippen molar-refractivity contribution in [3.63, 3.8) is 0 Å². The van der Waals surface area contributed by atoms with Crippen LogP contribution in [0, 0.1) is 16.0 Å². The Kier molecular flexibility index (Phi) is 5.96. The van der Waals surface area contributed by atoms with Crippen LogP contribution in [-0.4, -0.2) is 37.0 Å². The number of benzene rings is 2. The summed E-state index contributed by atoms with van der Waals surface area (Å²) >= 11 is 0. The molecule has 2 aromatic carbocycles. The number of non-ortho nitro benzene ring substituents is 1. The van der Waals surface area contributed by atoms with Crippen LogP contribution in [0.5, 0.6) is 11.5 Å². The van der Waals surface area contributed by atoms with Gasteiger partial charge in [0.2, 0.25) is 11.8 Å². The normalized spacial score (nSPS) is 15.9. The Morgan fingerprint density at radius 1 is 1.28 bits per heavy atom. The van der Waals surface area contributed by atoms with E-state index < -0.39 is 10.8 Å². The maximum Gasteiger partial charge on any atom is 0.273 e. The molecule has 0 saturated carbocycles. The number of ether oxygens (including phenoxy) is 2. The molecule has 9 nitrogen and oxygen atoms in total. The molecule has 0 spiro atoms. The first kappa shape index (κ1) is 20.1. The van der Waals surface area contributed by atoms with Gasteiger partial charge in [0.15, 0.2) is 0 Å². The fraction of sp³-hybridized carbons (Fsp3) is 0.300. The molecule has 0 aromatic heterocycles. The predicted octanol–water partition coefficient (Wildman–Crippen LogP) is 2.99. The molecule has 0 unspecified atom stereocenters. The van der Waals surface area contributed by atoms with Crippen LogP contribution < -0.4 is 19.7 Å². The highest BCUT2D eigenvalue weighted by Gasteiger charge is 2.37. The van der Waals surface area contributed by atoms with Gasteiger partial charge in [-0.3, -0.25) is 19.7 Å². The second-order valence-corrected chi connectivity index (χ2v) is 6.44. The van der Waals surface area contributed by atoms with E-state index in [1.807, 2.05) is 13.0 Å². The van der Waals surface area contributed by atoms with E-state index >= 15 is 0 Å². The van der Waals surface area contributed by atoms with Crippen LogP contribution in [0.4, 0.5) is 17.1 Å². The molecule has 1 saturated heterocycles. The Morgan fingerprint density at radius 2 is 2.03 bits per heavy atom. The minimum absolute atomic E-state index is 0.0305. The van der Waals surface area contributed by atoms with Crippen molar-refractivity contribution in [3.8, 4) is 11.5 Å². The van der Waals surface area contributed by atoms with Crippen LogP contribution in [0.15, 0.2) is 42.5 Å². The molecule has 0 bridgehead atoms. The predicted molar refractivity (Wildman–Crippen MR) is 106 cm³/mol. The minimum Gasteiger partial charge on any atom is -0.494 e. The molecule has 1 atom stereocenters. The van der Waals surface area contributed by atoms with Gasteiger partial charge in [0.25, 0.3) is 5.69 Å². The monoisotopic (exact) mass is 399 g/mol. The van der Waals surface area contributed by atoms with Crippen molar-refractivity contribution < 1.29 is 24.0 Å². The van der Waals surface area contributed by atoms with Gasteiger partial charge in [-0.25, -0.2) is 0 Å². The fourth-order valence-corrected chi connectivity index (χ4v) is 3.20. The van der Waals surface area contributed by atoms with Gasteiger partial charge in [-0.15, -0.1) is 0 Å². The van der Waals surface area contributed by atoms with E-state index in [0.29, 0.717) is 23.7 Å². The first-order valence-electron chi connectivity index (χ1n) is 9.10. The van der Waals surface area contributed by atoms with Crippen molar-refractivity contribution in [2.75, 3.05) is 30.5 Å². The molecule has 9 heteroatoms. The van der Waals surface area contributed by atoms with Gasteiger partial charge >= 0.3 is 0 Å². The second-order valence-electron chi connectivity index (χ2n) is 6.44.